The number of carbonyl (C=O) groups excluding carboxylic acids is 1. The number of aromatic amines is 1. The second-order valence-electron chi connectivity index (χ2n) is 8.56. The maximum absolute atomic E-state index is 12.5. The first-order valence-corrected chi connectivity index (χ1v) is 10.5. The number of nitrogens with zero attached hydrogens (tertiary/aromatic N) is 3. The largest absolute Gasteiger partial charge is 0.495 e. The van der Waals surface area contributed by atoms with Crippen LogP contribution in [0.1, 0.15) is 31.9 Å². The molecule has 3 heterocycles. The van der Waals surface area contributed by atoms with E-state index >= 15 is 0 Å². The average Bonchev–Trinajstić information content (AvgIpc) is 2.71. The highest BCUT2D eigenvalue weighted by atomic mass is 35.5. The topological polar surface area (TPSA) is 109 Å². The van der Waals surface area contributed by atoms with Gasteiger partial charge in [0.25, 0.3) is 5.56 Å². The van der Waals surface area contributed by atoms with Crippen LogP contribution in [0, 0.1) is 0 Å². The van der Waals surface area contributed by atoms with Crippen LogP contribution in [0.4, 0.5) is 16.3 Å². The number of halogens is 1. The van der Waals surface area contributed by atoms with Crippen LogP contribution in [-0.2, 0) is 17.7 Å². The average molecular weight is 458 g/mol. The molecule has 0 spiro atoms. The minimum Gasteiger partial charge on any atom is -0.495 e. The number of methoxy groups -OCH3 is 1. The smallest absolute Gasteiger partial charge is 0.410 e. The van der Waals surface area contributed by atoms with E-state index in [4.69, 9.17) is 21.1 Å². The zero-order valence-corrected chi connectivity index (χ0v) is 19.0. The third-order valence-electron chi connectivity index (χ3n) is 5.05. The molecule has 10 heteroatoms. The van der Waals surface area contributed by atoms with Crippen molar-refractivity contribution >= 4 is 40.0 Å². The molecule has 32 heavy (non-hydrogen) atoms. The summed E-state index contributed by atoms with van der Waals surface area (Å²) >= 11 is 6.15. The second kappa shape index (κ2) is 8.31. The van der Waals surface area contributed by atoms with Crippen LogP contribution >= 0.6 is 11.6 Å². The Morgan fingerprint density at radius 1 is 1.25 bits per heavy atom. The molecule has 0 radical (unpaired) electrons. The van der Waals surface area contributed by atoms with Gasteiger partial charge in [-0.1, -0.05) is 11.6 Å². The van der Waals surface area contributed by atoms with Crippen LogP contribution < -0.4 is 15.6 Å². The molecule has 1 amide bonds. The maximum Gasteiger partial charge on any atom is 0.410 e. The molecular weight excluding hydrogens is 434 g/mol. The van der Waals surface area contributed by atoms with Crippen molar-refractivity contribution < 1.29 is 14.3 Å². The minimum atomic E-state index is -0.553. The Balaban J connectivity index is 1.67. The molecule has 3 aromatic rings. The highest BCUT2D eigenvalue weighted by Gasteiger charge is 2.27. The minimum absolute atomic E-state index is 0.234. The summed E-state index contributed by atoms with van der Waals surface area (Å²) in [4.78, 5) is 30.8. The van der Waals surface area contributed by atoms with Crippen molar-refractivity contribution in [2.45, 2.75) is 39.3 Å². The van der Waals surface area contributed by atoms with Crippen LogP contribution in [-0.4, -0.2) is 45.4 Å². The first-order valence-electron chi connectivity index (χ1n) is 10.1. The number of benzene rings is 1. The fourth-order valence-electron chi connectivity index (χ4n) is 3.64. The zero-order chi connectivity index (χ0) is 23.0. The van der Waals surface area contributed by atoms with Gasteiger partial charge in [0.1, 0.15) is 22.3 Å². The van der Waals surface area contributed by atoms with E-state index in [2.05, 4.69) is 20.5 Å². The lowest BCUT2D eigenvalue weighted by molar-refractivity contribution is 0.0224. The normalized spacial score (nSPS) is 13.6. The molecule has 0 saturated carbocycles. The lowest BCUT2D eigenvalue weighted by Crippen LogP contribution is -2.39. The number of fused-ring (bicyclic) bond motifs is 2. The summed E-state index contributed by atoms with van der Waals surface area (Å²) in [6.45, 7) is 6.50. The van der Waals surface area contributed by atoms with Crippen LogP contribution in [0.3, 0.4) is 0 Å². The maximum atomic E-state index is 12.5. The summed E-state index contributed by atoms with van der Waals surface area (Å²) < 4.78 is 11.1. The van der Waals surface area contributed by atoms with E-state index in [1.807, 2.05) is 32.9 Å². The van der Waals surface area contributed by atoms with E-state index in [0.717, 1.165) is 11.1 Å². The van der Waals surface area contributed by atoms with E-state index in [1.54, 1.807) is 18.1 Å². The summed E-state index contributed by atoms with van der Waals surface area (Å²) in [7, 11) is 1.56. The molecular formula is C22H24ClN5O4. The molecule has 0 atom stereocenters. The molecule has 1 aliphatic rings. The molecule has 0 aliphatic carbocycles. The fraction of sp³-hybridized carbons (Fsp3) is 0.364. The van der Waals surface area contributed by atoms with Crippen molar-refractivity contribution in [3.05, 3.63) is 51.0 Å². The van der Waals surface area contributed by atoms with Gasteiger partial charge in [-0.2, -0.15) is 5.10 Å². The molecule has 0 fully saturated rings. The summed E-state index contributed by atoms with van der Waals surface area (Å²) in [6, 6.07) is 5.41. The van der Waals surface area contributed by atoms with Gasteiger partial charge in [-0.25, -0.2) is 14.9 Å². The standard InChI is InChI=1S/C22H24ClN5O4/c1-22(2,3)32-21(30)28-6-5-12-7-15(16(31-4)8-14(12)11-28)25-19-18-13(9-17(23)26-19)10-24-27-20(18)29/h7-10H,5-6,11H2,1-4H3,(H,25,26)(H,27,29). The SMILES string of the molecule is COc1cc2c(cc1Nc1nc(Cl)cc3cn[nH]c(=O)c13)CCN(C(=O)OC(C)(C)C)C2. The molecule has 0 saturated heterocycles. The summed E-state index contributed by atoms with van der Waals surface area (Å²) in [5.74, 6) is 0.857. The lowest BCUT2D eigenvalue weighted by Gasteiger charge is -2.31. The van der Waals surface area contributed by atoms with Crippen molar-refractivity contribution in [2.24, 2.45) is 0 Å². The predicted molar refractivity (Wildman–Crippen MR) is 122 cm³/mol. The molecule has 1 aromatic carbocycles. The van der Waals surface area contributed by atoms with Gasteiger partial charge in [-0.05, 0) is 56.5 Å². The third-order valence-corrected chi connectivity index (χ3v) is 5.25. The third kappa shape index (κ3) is 4.47. The van der Waals surface area contributed by atoms with E-state index in [-0.39, 0.29) is 16.8 Å². The number of carbonyl (C=O) groups is 1. The summed E-state index contributed by atoms with van der Waals surface area (Å²) in [5, 5.41) is 10.6. The van der Waals surface area contributed by atoms with Crippen LogP contribution in [0.25, 0.3) is 10.8 Å². The Labute approximate surface area is 189 Å². The molecule has 0 unspecified atom stereocenters. The molecule has 2 aromatic heterocycles. The van der Waals surface area contributed by atoms with Crippen LogP contribution in [0.5, 0.6) is 5.75 Å². The van der Waals surface area contributed by atoms with Gasteiger partial charge in [-0.15, -0.1) is 0 Å². The second-order valence-corrected chi connectivity index (χ2v) is 8.94. The van der Waals surface area contributed by atoms with E-state index in [0.29, 0.717) is 47.5 Å². The number of hydrogen-bond donors (Lipinski definition) is 2. The van der Waals surface area contributed by atoms with E-state index in [9.17, 15) is 9.59 Å². The molecule has 1 aliphatic heterocycles. The summed E-state index contributed by atoms with van der Waals surface area (Å²) in [5.41, 5.74) is 1.75. The lowest BCUT2D eigenvalue weighted by atomic mass is 9.98. The number of anilines is 2. The van der Waals surface area contributed by atoms with Crippen molar-refractivity contribution in [2.75, 3.05) is 19.0 Å². The van der Waals surface area contributed by atoms with Gasteiger partial charge in [0.15, 0.2) is 0 Å². The van der Waals surface area contributed by atoms with Gasteiger partial charge < -0.3 is 19.7 Å². The van der Waals surface area contributed by atoms with E-state index < -0.39 is 5.60 Å². The molecule has 2 N–H and O–H groups in total. The highest BCUT2D eigenvalue weighted by Crippen LogP contribution is 2.35. The number of nitrogens with one attached hydrogen (secondary N) is 2. The highest BCUT2D eigenvalue weighted by molar-refractivity contribution is 6.30. The first kappa shape index (κ1) is 21.9. The Morgan fingerprint density at radius 2 is 2.03 bits per heavy atom. The van der Waals surface area contributed by atoms with Crippen molar-refractivity contribution in [1.82, 2.24) is 20.1 Å². The monoisotopic (exact) mass is 457 g/mol. The number of hydrogen-bond acceptors (Lipinski definition) is 7. The number of H-pyrrole nitrogens is 1. The van der Waals surface area contributed by atoms with E-state index in [1.165, 1.54) is 6.20 Å². The van der Waals surface area contributed by atoms with Crippen molar-refractivity contribution in [3.63, 3.8) is 0 Å². The molecule has 0 bridgehead atoms. The molecule has 9 nitrogen and oxygen atoms in total. The van der Waals surface area contributed by atoms with Gasteiger partial charge >= 0.3 is 6.09 Å². The van der Waals surface area contributed by atoms with Crippen molar-refractivity contribution in [1.29, 1.82) is 0 Å². The number of amides is 1. The Hall–Kier alpha value is -3.33. The van der Waals surface area contributed by atoms with Gasteiger partial charge in [0.2, 0.25) is 0 Å². The number of ether oxygens (including phenoxy) is 2. The van der Waals surface area contributed by atoms with Gasteiger partial charge in [-0.3, -0.25) is 4.79 Å². The summed E-state index contributed by atoms with van der Waals surface area (Å²) in [6.07, 6.45) is 1.83. The van der Waals surface area contributed by atoms with Crippen LogP contribution in [0.15, 0.2) is 29.2 Å². The van der Waals surface area contributed by atoms with Gasteiger partial charge in [0, 0.05) is 18.5 Å². The number of aromatic nitrogens is 3. The van der Waals surface area contributed by atoms with Crippen LogP contribution in [0.2, 0.25) is 5.15 Å². The Kier molecular flexibility index (Phi) is 5.68. The Morgan fingerprint density at radius 3 is 2.75 bits per heavy atom. The predicted octanol–water partition coefficient (Wildman–Crippen LogP) is 4.02. The zero-order valence-electron chi connectivity index (χ0n) is 18.3. The first-order chi connectivity index (χ1) is 15.1. The quantitative estimate of drug-likeness (QED) is 0.571. The molecule has 4 rings (SSSR count). The fourth-order valence-corrected chi connectivity index (χ4v) is 3.84. The van der Waals surface area contributed by atoms with Gasteiger partial charge in [0.05, 0.1) is 24.4 Å². The number of pyridine rings is 1. The van der Waals surface area contributed by atoms with Crippen molar-refractivity contribution in [3.8, 4) is 5.75 Å². The molecule has 168 valence electrons. The Bertz CT molecular complexity index is 1250. The number of rotatable bonds is 3.